The van der Waals surface area contributed by atoms with Crippen molar-refractivity contribution in [2.45, 2.75) is 18.6 Å². The first-order valence-corrected chi connectivity index (χ1v) is 10.9. The molecule has 1 N–H and O–H groups in total. The number of amidine groups is 1. The molecule has 0 saturated carbocycles. The third-order valence-corrected chi connectivity index (χ3v) is 6.85. The summed E-state index contributed by atoms with van der Waals surface area (Å²) >= 11 is 8.75. The lowest BCUT2D eigenvalue weighted by Gasteiger charge is -2.11. The number of amides is 2. The molecule has 1 saturated heterocycles. The second-order valence-electron chi connectivity index (χ2n) is 6.57. The molecule has 1 aliphatic heterocycles. The summed E-state index contributed by atoms with van der Waals surface area (Å²) in [6.45, 7) is 1.89. The van der Waals surface area contributed by atoms with Crippen molar-refractivity contribution in [3.05, 3.63) is 53.1 Å². The van der Waals surface area contributed by atoms with Crippen molar-refractivity contribution in [2.24, 2.45) is 4.99 Å². The van der Waals surface area contributed by atoms with Gasteiger partial charge in [-0.2, -0.15) is 4.99 Å². The zero-order valence-corrected chi connectivity index (χ0v) is 18.1. The Labute approximate surface area is 181 Å². The minimum Gasteiger partial charge on any atom is -0.326 e. The monoisotopic (exact) mass is 444 g/mol. The lowest BCUT2D eigenvalue weighted by Crippen LogP contribution is -2.30. The van der Waals surface area contributed by atoms with E-state index in [1.165, 1.54) is 28.0 Å². The van der Waals surface area contributed by atoms with Crippen LogP contribution in [0.2, 0.25) is 5.02 Å². The van der Waals surface area contributed by atoms with Gasteiger partial charge in [-0.3, -0.25) is 14.5 Å². The van der Waals surface area contributed by atoms with Gasteiger partial charge in [-0.1, -0.05) is 52.9 Å². The minimum absolute atomic E-state index is 0.0542. The van der Waals surface area contributed by atoms with Gasteiger partial charge in [-0.15, -0.1) is 0 Å². The van der Waals surface area contributed by atoms with E-state index in [0.717, 1.165) is 15.8 Å². The lowest BCUT2D eigenvalue weighted by molar-refractivity contribution is -0.127. The zero-order valence-electron chi connectivity index (χ0n) is 15.7. The van der Waals surface area contributed by atoms with E-state index in [2.05, 4.69) is 15.3 Å². The molecule has 0 bridgehead atoms. The molecule has 0 radical (unpaired) electrons. The number of hydrogen-bond acceptors (Lipinski definition) is 6. The molecular formula is C20H17ClN4O2S2. The first-order valence-electron chi connectivity index (χ1n) is 8.85. The molecule has 1 aliphatic rings. The second kappa shape index (κ2) is 8.14. The molecule has 1 fully saturated rings. The SMILES string of the molecule is Cc1ccc(Cl)cc1NC(=O)CC1SC(=Nc2nc3ccccc3s2)N(C)C1=O. The van der Waals surface area contributed by atoms with Gasteiger partial charge in [0.25, 0.3) is 0 Å². The van der Waals surface area contributed by atoms with Gasteiger partial charge in [0.15, 0.2) is 5.17 Å². The third kappa shape index (κ3) is 4.29. The van der Waals surface area contributed by atoms with E-state index < -0.39 is 5.25 Å². The Morgan fingerprint density at radius 1 is 1.31 bits per heavy atom. The van der Waals surface area contributed by atoms with E-state index in [1.807, 2.05) is 37.3 Å². The van der Waals surface area contributed by atoms with Gasteiger partial charge < -0.3 is 5.32 Å². The number of aromatic nitrogens is 1. The van der Waals surface area contributed by atoms with Crippen LogP contribution in [0.1, 0.15) is 12.0 Å². The minimum atomic E-state index is -0.521. The number of benzene rings is 2. The molecule has 4 rings (SSSR count). The number of hydrogen-bond donors (Lipinski definition) is 1. The highest BCUT2D eigenvalue weighted by atomic mass is 35.5. The first kappa shape index (κ1) is 19.9. The molecule has 29 heavy (non-hydrogen) atoms. The zero-order chi connectivity index (χ0) is 20.5. The van der Waals surface area contributed by atoms with E-state index in [4.69, 9.17) is 11.6 Å². The highest BCUT2D eigenvalue weighted by Gasteiger charge is 2.37. The molecule has 0 aliphatic carbocycles. The van der Waals surface area contributed by atoms with Crippen LogP contribution in [-0.2, 0) is 9.59 Å². The maximum absolute atomic E-state index is 12.6. The molecule has 2 heterocycles. The van der Waals surface area contributed by atoms with E-state index in [0.29, 0.717) is 21.0 Å². The third-order valence-electron chi connectivity index (χ3n) is 4.46. The maximum Gasteiger partial charge on any atom is 0.242 e. The maximum atomic E-state index is 12.6. The predicted octanol–water partition coefficient (Wildman–Crippen LogP) is 4.85. The number of anilines is 1. The van der Waals surface area contributed by atoms with Crippen LogP contribution in [0.25, 0.3) is 10.2 Å². The number of thiazole rings is 1. The fourth-order valence-corrected chi connectivity index (χ4v) is 5.09. The topological polar surface area (TPSA) is 74.7 Å². The van der Waals surface area contributed by atoms with Gasteiger partial charge in [-0.05, 0) is 36.8 Å². The largest absolute Gasteiger partial charge is 0.326 e. The highest BCUT2D eigenvalue weighted by Crippen LogP contribution is 2.34. The Morgan fingerprint density at radius 2 is 2.10 bits per heavy atom. The van der Waals surface area contributed by atoms with E-state index >= 15 is 0 Å². The van der Waals surface area contributed by atoms with Crippen LogP contribution in [0.5, 0.6) is 0 Å². The van der Waals surface area contributed by atoms with Crippen molar-refractivity contribution in [1.29, 1.82) is 0 Å². The molecule has 0 spiro atoms. The fraction of sp³-hybridized carbons (Fsp3) is 0.200. The van der Waals surface area contributed by atoms with Crippen LogP contribution in [0.3, 0.4) is 0 Å². The molecular weight excluding hydrogens is 428 g/mol. The molecule has 9 heteroatoms. The molecule has 2 amide bonds. The number of carbonyl (C=O) groups is 2. The lowest BCUT2D eigenvalue weighted by atomic mass is 10.2. The normalized spacial score (nSPS) is 18.0. The number of rotatable bonds is 4. The van der Waals surface area contributed by atoms with Gasteiger partial charge >= 0.3 is 0 Å². The summed E-state index contributed by atoms with van der Waals surface area (Å²) in [5.74, 6) is -0.385. The average molecular weight is 445 g/mol. The predicted molar refractivity (Wildman–Crippen MR) is 120 cm³/mol. The Morgan fingerprint density at radius 3 is 2.90 bits per heavy atom. The molecule has 1 aromatic heterocycles. The molecule has 148 valence electrons. The van der Waals surface area contributed by atoms with E-state index in [1.54, 1.807) is 19.2 Å². The Hall–Kier alpha value is -2.42. The fourth-order valence-electron chi connectivity index (χ4n) is 2.89. The van der Waals surface area contributed by atoms with E-state index in [9.17, 15) is 9.59 Å². The van der Waals surface area contributed by atoms with Gasteiger partial charge in [0.1, 0.15) is 5.25 Å². The number of aliphatic imine (C=N–C) groups is 1. The summed E-state index contributed by atoms with van der Waals surface area (Å²) < 4.78 is 1.04. The Bertz CT molecular complexity index is 1110. The Balaban J connectivity index is 1.47. The van der Waals surface area contributed by atoms with Crippen molar-refractivity contribution in [1.82, 2.24) is 9.88 Å². The molecule has 1 unspecified atom stereocenters. The number of aryl methyl sites for hydroxylation is 1. The van der Waals surface area contributed by atoms with Crippen molar-refractivity contribution in [3.8, 4) is 0 Å². The average Bonchev–Trinajstić information content (AvgIpc) is 3.21. The standard InChI is InChI=1S/C20H17ClN4O2S2/c1-11-7-8-12(21)9-14(11)22-17(26)10-16-18(27)25(2)20(29-16)24-19-23-13-5-3-4-6-15(13)28-19/h3-9,16H,10H2,1-2H3,(H,22,26). The molecule has 6 nitrogen and oxygen atoms in total. The second-order valence-corrected chi connectivity index (χ2v) is 9.19. The van der Waals surface area contributed by atoms with Crippen LogP contribution in [0.15, 0.2) is 47.5 Å². The molecule has 2 aromatic carbocycles. The number of fused-ring (bicyclic) bond motifs is 1. The van der Waals surface area contributed by atoms with Crippen LogP contribution in [0.4, 0.5) is 10.8 Å². The quantitative estimate of drug-likeness (QED) is 0.624. The van der Waals surface area contributed by atoms with Crippen LogP contribution >= 0.6 is 34.7 Å². The van der Waals surface area contributed by atoms with Crippen molar-refractivity contribution in [3.63, 3.8) is 0 Å². The summed E-state index contributed by atoms with van der Waals surface area (Å²) in [6, 6.07) is 13.1. The van der Waals surface area contributed by atoms with Gasteiger partial charge in [0.05, 0.1) is 10.2 Å². The number of halogens is 1. The van der Waals surface area contributed by atoms with E-state index in [-0.39, 0.29) is 18.2 Å². The highest BCUT2D eigenvalue weighted by molar-refractivity contribution is 8.15. The number of nitrogens with zero attached hydrogens (tertiary/aromatic N) is 3. The number of carbonyl (C=O) groups excluding carboxylic acids is 2. The number of para-hydroxylation sites is 1. The summed E-state index contributed by atoms with van der Waals surface area (Å²) in [7, 11) is 1.67. The summed E-state index contributed by atoms with van der Waals surface area (Å²) in [5.41, 5.74) is 2.43. The number of thioether (sulfide) groups is 1. The summed E-state index contributed by atoms with van der Waals surface area (Å²) in [5, 5.41) is 4.00. The van der Waals surface area contributed by atoms with Crippen molar-refractivity contribution >= 4 is 72.7 Å². The van der Waals surface area contributed by atoms with Crippen molar-refractivity contribution < 1.29 is 9.59 Å². The van der Waals surface area contributed by atoms with Gasteiger partial charge in [0, 0.05) is 24.2 Å². The van der Waals surface area contributed by atoms with Crippen LogP contribution in [-0.4, -0.2) is 39.2 Å². The van der Waals surface area contributed by atoms with Crippen molar-refractivity contribution in [2.75, 3.05) is 12.4 Å². The smallest absolute Gasteiger partial charge is 0.242 e. The van der Waals surface area contributed by atoms with Crippen LogP contribution < -0.4 is 5.32 Å². The summed E-state index contributed by atoms with van der Waals surface area (Å²) in [6.07, 6.45) is 0.0542. The summed E-state index contributed by atoms with van der Waals surface area (Å²) in [4.78, 5) is 35.6. The Kier molecular flexibility index (Phi) is 5.58. The van der Waals surface area contributed by atoms with Crippen LogP contribution in [0, 0.1) is 6.92 Å². The van der Waals surface area contributed by atoms with Gasteiger partial charge in [-0.25, -0.2) is 4.98 Å². The first-order chi connectivity index (χ1) is 13.9. The molecule has 3 aromatic rings. The van der Waals surface area contributed by atoms with Gasteiger partial charge in [0.2, 0.25) is 16.9 Å². The molecule has 1 atom stereocenters. The number of nitrogens with one attached hydrogen (secondary N) is 1.